The summed E-state index contributed by atoms with van der Waals surface area (Å²) < 4.78 is 33.5. The molecule has 0 aliphatic rings. The molecular weight excluding hydrogens is 275 g/mol. The van der Waals surface area contributed by atoms with E-state index in [0.29, 0.717) is 12.0 Å². The molecular formula is C13H11KO3S. The fraction of sp³-hybridized carbons (Fsp3) is 0.0769. The molecule has 0 amide bonds. The van der Waals surface area contributed by atoms with Crippen LogP contribution in [0, 0.1) is 0 Å². The number of hydrogen-bond donors (Lipinski definition) is 0. The van der Waals surface area contributed by atoms with E-state index in [-0.39, 0.29) is 56.3 Å². The number of hydrogen-bond acceptors (Lipinski definition) is 3. The Balaban J connectivity index is 0.00000162. The van der Waals surface area contributed by atoms with Gasteiger partial charge in [0.1, 0.15) is 10.1 Å². The van der Waals surface area contributed by atoms with Gasteiger partial charge in [-0.05, 0) is 28.8 Å². The second-order valence-corrected chi connectivity index (χ2v) is 5.06. The molecule has 0 fully saturated rings. The third-order valence-electron chi connectivity index (χ3n) is 2.62. The zero-order chi connectivity index (χ0) is 12.5. The Hall–Kier alpha value is -0.0136. The molecule has 0 saturated heterocycles. The molecule has 3 nitrogen and oxygen atoms in total. The molecule has 2 aromatic rings. The van der Waals surface area contributed by atoms with Crippen molar-refractivity contribution in [1.82, 2.24) is 0 Å². The quantitative estimate of drug-likeness (QED) is 0.433. The van der Waals surface area contributed by atoms with Gasteiger partial charge < -0.3 is 4.55 Å². The minimum Gasteiger partial charge on any atom is -0.744 e. The van der Waals surface area contributed by atoms with Crippen molar-refractivity contribution < 1.29 is 64.4 Å². The molecule has 0 radical (unpaired) electrons. The maximum atomic E-state index is 11.2. The summed E-state index contributed by atoms with van der Waals surface area (Å²) in [5.41, 5.74) is 0.521. The van der Waals surface area contributed by atoms with Gasteiger partial charge in [0.05, 0.1) is 4.90 Å². The minimum absolute atomic E-state index is 0. The second kappa shape index (κ2) is 6.43. The Morgan fingerprint density at radius 1 is 1.17 bits per heavy atom. The molecule has 0 heterocycles. The van der Waals surface area contributed by atoms with Crippen molar-refractivity contribution in [3.8, 4) is 0 Å². The molecule has 0 N–H and O–H groups in total. The number of rotatable bonds is 3. The van der Waals surface area contributed by atoms with Crippen LogP contribution in [0.25, 0.3) is 10.8 Å². The Morgan fingerprint density at radius 2 is 1.83 bits per heavy atom. The van der Waals surface area contributed by atoms with E-state index in [1.807, 2.05) is 24.3 Å². The Bertz CT molecular complexity index is 678. The van der Waals surface area contributed by atoms with Gasteiger partial charge in [-0.15, -0.1) is 6.58 Å². The summed E-state index contributed by atoms with van der Waals surface area (Å²) in [4.78, 5) is -0.156. The zero-order valence-electron chi connectivity index (χ0n) is 10.1. The summed E-state index contributed by atoms with van der Waals surface area (Å²) in [7, 11) is -4.44. The molecule has 88 valence electrons. The average molecular weight is 286 g/mol. The van der Waals surface area contributed by atoms with Crippen LogP contribution in [-0.4, -0.2) is 13.0 Å². The van der Waals surface area contributed by atoms with Crippen LogP contribution in [0.1, 0.15) is 5.56 Å². The predicted molar refractivity (Wildman–Crippen MR) is 65.8 cm³/mol. The van der Waals surface area contributed by atoms with Crippen molar-refractivity contribution in [3.05, 3.63) is 54.6 Å². The zero-order valence-corrected chi connectivity index (χ0v) is 14.0. The average Bonchev–Trinajstić information content (AvgIpc) is 2.28. The molecule has 5 heteroatoms. The van der Waals surface area contributed by atoms with Gasteiger partial charge in [-0.2, -0.15) is 0 Å². The van der Waals surface area contributed by atoms with Crippen molar-refractivity contribution in [2.24, 2.45) is 0 Å². The Kier molecular flexibility index (Phi) is 5.73. The first kappa shape index (κ1) is 16.0. The molecule has 0 unspecified atom stereocenters. The van der Waals surface area contributed by atoms with Gasteiger partial charge >= 0.3 is 51.4 Å². The second-order valence-electron chi connectivity index (χ2n) is 3.71. The maximum absolute atomic E-state index is 11.2. The fourth-order valence-corrected chi connectivity index (χ4v) is 2.63. The monoisotopic (exact) mass is 286 g/mol. The summed E-state index contributed by atoms with van der Waals surface area (Å²) in [5, 5.41) is 1.70. The van der Waals surface area contributed by atoms with E-state index < -0.39 is 10.1 Å². The summed E-state index contributed by atoms with van der Waals surface area (Å²) in [5.74, 6) is 0. The van der Waals surface area contributed by atoms with E-state index in [9.17, 15) is 13.0 Å². The molecule has 2 aromatic carbocycles. The molecule has 0 aliphatic carbocycles. The van der Waals surface area contributed by atoms with Crippen molar-refractivity contribution in [1.29, 1.82) is 0 Å². The van der Waals surface area contributed by atoms with Gasteiger partial charge in [0.2, 0.25) is 0 Å². The van der Waals surface area contributed by atoms with Crippen LogP contribution in [0.3, 0.4) is 0 Å². The first-order valence-electron chi connectivity index (χ1n) is 5.11. The van der Waals surface area contributed by atoms with Gasteiger partial charge in [-0.3, -0.25) is 0 Å². The standard InChI is InChI=1S/C13H12O3S.K/c1-2-5-12-11-7-4-3-6-10(11)8-9-13(12)17(14,15)16;/h2-4,6-9H,1,5H2,(H,14,15,16);/q;+1/p-1. The van der Waals surface area contributed by atoms with Crippen LogP contribution in [0.2, 0.25) is 0 Å². The predicted octanol–water partition coefficient (Wildman–Crippen LogP) is -0.524. The smallest absolute Gasteiger partial charge is 0.744 e. The van der Waals surface area contributed by atoms with Crippen molar-refractivity contribution in [2.45, 2.75) is 11.3 Å². The Labute approximate surface area is 149 Å². The van der Waals surface area contributed by atoms with E-state index in [1.54, 1.807) is 12.1 Å². The molecule has 0 saturated carbocycles. The largest absolute Gasteiger partial charge is 1.00 e. The first-order chi connectivity index (χ1) is 8.04. The molecule has 2 rings (SSSR count). The summed E-state index contributed by atoms with van der Waals surface area (Å²) in [6, 6.07) is 10.4. The van der Waals surface area contributed by atoms with Gasteiger partial charge in [-0.1, -0.05) is 36.4 Å². The van der Waals surface area contributed by atoms with Gasteiger partial charge in [0.15, 0.2) is 0 Å². The summed E-state index contributed by atoms with van der Waals surface area (Å²) in [6.45, 7) is 3.59. The van der Waals surface area contributed by atoms with Gasteiger partial charge in [0.25, 0.3) is 0 Å². The van der Waals surface area contributed by atoms with Crippen LogP contribution < -0.4 is 51.4 Å². The van der Waals surface area contributed by atoms with Gasteiger partial charge in [-0.25, -0.2) is 8.42 Å². The molecule has 0 aromatic heterocycles. The minimum atomic E-state index is -4.44. The topological polar surface area (TPSA) is 57.2 Å². The number of allylic oxidation sites excluding steroid dienone is 1. The van der Waals surface area contributed by atoms with Crippen LogP contribution in [-0.2, 0) is 16.5 Å². The van der Waals surface area contributed by atoms with E-state index in [0.717, 1.165) is 10.8 Å². The van der Waals surface area contributed by atoms with Gasteiger partial charge in [0, 0.05) is 0 Å². The van der Waals surface area contributed by atoms with Crippen molar-refractivity contribution >= 4 is 20.9 Å². The van der Waals surface area contributed by atoms with E-state index >= 15 is 0 Å². The molecule has 0 spiro atoms. The van der Waals surface area contributed by atoms with Crippen LogP contribution in [0.15, 0.2) is 53.9 Å². The maximum Gasteiger partial charge on any atom is 1.00 e. The molecule has 0 atom stereocenters. The Morgan fingerprint density at radius 3 is 2.44 bits per heavy atom. The molecule has 0 bridgehead atoms. The van der Waals surface area contributed by atoms with Crippen molar-refractivity contribution in [3.63, 3.8) is 0 Å². The fourth-order valence-electron chi connectivity index (χ4n) is 1.91. The number of benzene rings is 2. The van der Waals surface area contributed by atoms with Crippen LogP contribution in [0.4, 0.5) is 0 Å². The third-order valence-corrected chi connectivity index (χ3v) is 3.54. The first-order valence-corrected chi connectivity index (χ1v) is 6.52. The summed E-state index contributed by atoms with van der Waals surface area (Å²) in [6.07, 6.45) is 1.95. The van der Waals surface area contributed by atoms with Crippen LogP contribution in [0.5, 0.6) is 0 Å². The third kappa shape index (κ3) is 3.30. The van der Waals surface area contributed by atoms with Crippen molar-refractivity contribution in [2.75, 3.05) is 0 Å². The summed E-state index contributed by atoms with van der Waals surface area (Å²) >= 11 is 0. The molecule has 0 aliphatic heterocycles. The van der Waals surface area contributed by atoms with Crippen LogP contribution >= 0.6 is 0 Å². The van der Waals surface area contributed by atoms with E-state index in [4.69, 9.17) is 0 Å². The van der Waals surface area contributed by atoms with E-state index in [1.165, 1.54) is 6.07 Å². The molecule has 18 heavy (non-hydrogen) atoms. The van der Waals surface area contributed by atoms with E-state index in [2.05, 4.69) is 6.58 Å². The SMILES string of the molecule is C=CCc1c(S(=O)(=O)[O-])ccc2ccccc12.[K+]. The normalized spacial score (nSPS) is 10.9. The number of fused-ring (bicyclic) bond motifs is 1.